The van der Waals surface area contributed by atoms with Crippen LogP contribution in [0.1, 0.15) is 39.0 Å². The van der Waals surface area contributed by atoms with E-state index >= 15 is 0 Å². The molecule has 120 valence electrons. The highest BCUT2D eigenvalue weighted by molar-refractivity contribution is 5.74. The molecule has 0 aromatic carbocycles. The van der Waals surface area contributed by atoms with E-state index in [1.807, 2.05) is 9.80 Å². The third-order valence-electron chi connectivity index (χ3n) is 5.01. The second-order valence-corrected chi connectivity index (χ2v) is 6.38. The Morgan fingerprint density at radius 1 is 1.14 bits per heavy atom. The van der Waals surface area contributed by atoms with Crippen LogP contribution in [0.25, 0.3) is 0 Å². The van der Waals surface area contributed by atoms with E-state index in [0.29, 0.717) is 25.0 Å². The second-order valence-electron chi connectivity index (χ2n) is 6.38. The van der Waals surface area contributed by atoms with Crippen LogP contribution in [-0.4, -0.2) is 66.2 Å². The van der Waals surface area contributed by atoms with Crippen molar-refractivity contribution in [2.75, 3.05) is 39.3 Å². The maximum Gasteiger partial charge on any atom is 0.317 e. The van der Waals surface area contributed by atoms with Gasteiger partial charge in [-0.1, -0.05) is 13.3 Å². The summed E-state index contributed by atoms with van der Waals surface area (Å²) in [7, 11) is 0. The Morgan fingerprint density at radius 2 is 1.90 bits per heavy atom. The van der Waals surface area contributed by atoms with E-state index in [4.69, 9.17) is 5.11 Å². The number of nitrogens with one attached hydrogen (secondary N) is 1. The predicted molar refractivity (Wildman–Crippen MR) is 80.2 cm³/mol. The average molecular weight is 297 g/mol. The van der Waals surface area contributed by atoms with Gasteiger partial charge in [-0.3, -0.25) is 9.69 Å². The van der Waals surface area contributed by atoms with Crippen molar-refractivity contribution in [3.05, 3.63) is 0 Å². The standard InChI is InChI=1S/C15H27N3O3/c1-2-15(5-3-6-15)12-16-14(21)18-8-4-7-17(9-10-18)11-13(19)20/h2-12H2,1H3,(H,16,21)(H,19,20). The first-order chi connectivity index (χ1) is 10.0. The Bertz CT molecular complexity index is 377. The van der Waals surface area contributed by atoms with E-state index in [9.17, 15) is 9.59 Å². The van der Waals surface area contributed by atoms with Gasteiger partial charge in [0, 0.05) is 32.7 Å². The third-order valence-corrected chi connectivity index (χ3v) is 5.01. The van der Waals surface area contributed by atoms with Crippen molar-refractivity contribution < 1.29 is 14.7 Å². The number of carbonyl (C=O) groups is 2. The molecule has 0 atom stereocenters. The quantitative estimate of drug-likeness (QED) is 0.804. The second kappa shape index (κ2) is 7.11. The van der Waals surface area contributed by atoms with Crippen molar-refractivity contribution in [2.45, 2.75) is 39.0 Å². The summed E-state index contributed by atoms with van der Waals surface area (Å²) in [5, 5.41) is 11.9. The van der Waals surface area contributed by atoms with Crippen LogP contribution in [0.2, 0.25) is 0 Å². The molecule has 0 aromatic rings. The first-order valence-corrected chi connectivity index (χ1v) is 8.02. The molecular formula is C15H27N3O3. The summed E-state index contributed by atoms with van der Waals surface area (Å²) in [6, 6.07) is 0.00639. The molecular weight excluding hydrogens is 270 g/mol. The van der Waals surface area contributed by atoms with E-state index in [-0.39, 0.29) is 12.6 Å². The molecule has 2 amide bonds. The van der Waals surface area contributed by atoms with Crippen molar-refractivity contribution in [3.63, 3.8) is 0 Å². The fraction of sp³-hybridized carbons (Fsp3) is 0.867. The highest BCUT2D eigenvalue weighted by atomic mass is 16.4. The maximum absolute atomic E-state index is 12.3. The Balaban J connectivity index is 1.76. The summed E-state index contributed by atoms with van der Waals surface area (Å²) in [5.74, 6) is -0.803. The Kier molecular flexibility index (Phi) is 5.45. The number of carboxylic acid groups (broad SMARTS) is 1. The fourth-order valence-corrected chi connectivity index (χ4v) is 3.23. The van der Waals surface area contributed by atoms with Crippen molar-refractivity contribution in [3.8, 4) is 0 Å². The summed E-state index contributed by atoms with van der Waals surface area (Å²) in [5.41, 5.74) is 0.330. The van der Waals surface area contributed by atoms with Gasteiger partial charge in [0.2, 0.25) is 0 Å². The number of nitrogens with zero attached hydrogens (tertiary/aromatic N) is 2. The van der Waals surface area contributed by atoms with E-state index < -0.39 is 5.97 Å². The number of carboxylic acids is 1. The third kappa shape index (κ3) is 4.33. The first-order valence-electron chi connectivity index (χ1n) is 8.02. The van der Waals surface area contributed by atoms with E-state index in [1.54, 1.807) is 0 Å². The van der Waals surface area contributed by atoms with Gasteiger partial charge in [0.25, 0.3) is 0 Å². The average Bonchev–Trinajstić information content (AvgIpc) is 2.63. The minimum atomic E-state index is -0.803. The van der Waals surface area contributed by atoms with Gasteiger partial charge in [-0.05, 0) is 31.1 Å². The van der Waals surface area contributed by atoms with E-state index in [0.717, 1.165) is 25.9 Å². The summed E-state index contributed by atoms with van der Waals surface area (Å²) < 4.78 is 0. The van der Waals surface area contributed by atoms with Crippen LogP contribution in [0.15, 0.2) is 0 Å². The zero-order valence-electron chi connectivity index (χ0n) is 12.9. The zero-order valence-corrected chi connectivity index (χ0v) is 12.9. The molecule has 2 aliphatic rings. The molecule has 0 unspecified atom stereocenters. The Labute approximate surface area is 126 Å². The number of urea groups is 1. The molecule has 0 aromatic heterocycles. The van der Waals surface area contributed by atoms with E-state index in [1.165, 1.54) is 19.3 Å². The molecule has 2 N–H and O–H groups in total. The molecule has 1 aliphatic heterocycles. The van der Waals surface area contributed by atoms with Gasteiger partial charge in [0.1, 0.15) is 0 Å². The number of carbonyl (C=O) groups excluding carboxylic acids is 1. The lowest BCUT2D eigenvalue weighted by molar-refractivity contribution is -0.138. The smallest absolute Gasteiger partial charge is 0.317 e. The molecule has 2 rings (SSSR count). The van der Waals surface area contributed by atoms with Crippen LogP contribution in [0, 0.1) is 5.41 Å². The molecule has 1 heterocycles. The molecule has 1 aliphatic carbocycles. The summed E-state index contributed by atoms with van der Waals surface area (Å²) in [4.78, 5) is 26.7. The van der Waals surface area contributed by atoms with Gasteiger partial charge < -0.3 is 15.3 Å². The fourth-order valence-electron chi connectivity index (χ4n) is 3.23. The van der Waals surface area contributed by atoms with Gasteiger partial charge in [-0.25, -0.2) is 4.79 Å². The molecule has 1 saturated carbocycles. The first kappa shape index (κ1) is 16.1. The number of aliphatic carboxylic acids is 1. The van der Waals surface area contributed by atoms with Gasteiger partial charge in [-0.15, -0.1) is 0 Å². The lowest BCUT2D eigenvalue weighted by atomic mass is 9.67. The van der Waals surface area contributed by atoms with Crippen LogP contribution in [0.4, 0.5) is 4.79 Å². The number of hydrogen-bond acceptors (Lipinski definition) is 3. The minimum Gasteiger partial charge on any atom is -0.480 e. The predicted octanol–water partition coefficient (Wildman–Crippen LogP) is 1.37. The maximum atomic E-state index is 12.3. The highest BCUT2D eigenvalue weighted by Gasteiger charge is 2.35. The Hall–Kier alpha value is -1.30. The van der Waals surface area contributed by atoms with Crippen LogP contribution in [0.5, 0.6) is 0 Å². The number of hydrogen-bond donors (Lipinski definition) is 2. The van der Waals surface area contributed by atoms with Crippen LogP contribution in [-0.2, 0) is 4.79 Å². The highest BCUT2D eigenvalue weighted by Crippen LogP contribution is 2.43. The van der Waals surface area contributed by atoms with Crippen LogP contribution >= 0.6 is 0 Å². The van der Waals surface area contributed by atoms with Gasteiger partial charge >= 0.3 is 12.0 Å². The van der Waals surface area contributed by atoms with Gasteiger partial charge in [0.05, 0.1) is 6.54 Å². The number of amides is 2. The minimum absolute atomic E-state index is 0.00639. The topological polar surface area (TPSA) is 72.9 Å². The molecule has 21 heavy (non-hydrogen) atoms. The largest absolute Gasteiger partial charge is 0.480 e. The van der Waals surface area contributed by atoms with Gasteiger partial charge in [-0.2, -0.15) is 0 Å². The summed E-state index contributed by atoms with van der Waals surface area (Å²) >= 11 is 0. The molecule has 6 nitrogen and oxygen atoms in total. The SMILES string of the molecule is CCC1(CNC(=O)N2CCCN(CC(=O)O)CC2)CCC1. The van der Waals surface area contributed by atoms with Crippen molar-refractivity contribution in [1.29, 1.82) is 0 Å². The van der Waals surface area contributed by atoms with Crippen molar-refractivity contribution in [2.24, 2.45) is 5.41 Å². The summed E-state index contributed by atoms with van der Waals surface area (Å²) in [6.45, 7) is 5.74. The lowest BCUT2D eigenvalue weighted by Gasteiger charge is -2.41. The molecule has 0 radical (unpaired) electrons. The molecule has 0 bridgehead atoms. The summed E-state index contributed by atoms with van der Waals surface area (Å²) in [6.07, 6.45) is 5.67. The van der Waals surface area contributed by atoms with Crippen molar-refractivity contribution >= 4 is 12.0 Å². The van der Waals surface area contributed by atoms with Crippen LogP contribution in [0.3, 0.4) is 0 Å². The van der Waals surface area contributed by atoms with Crippen molar-refractivity contribution in [1.82, 2.24) is 15.1 Å². The Morgan fingerprint density at radius 3 is 2.48 bits per heavy atom. The normalized spacial score (nSPS) is 22.2. The molecule has 1 saturated heterocycles. The lowest BCUT2D eigenvalue weighted by Crippen LogP contribution is -2.48. The van der Waals surface area contributed by atoms with Crippen LogP contribution < -0.4 is 5.32 Å². The molecule has 0 spiro atoms. The van der Waals surface area contributed by atoms with E-state index in [2.05, 4.69) is 12.2 Å². The van der Waals surface area contributed by atoms with Gasteiger partial charge in [0.15, 0.2) is 0 Å². The monoisotopic (exact) mass is 297 g/mol. The number of rotatable bonds is 5. The molecule has 6 heteroatoms. The molecule has 2 fully saturated rings. The zero-order chi connectivity index (χ0) is 15.3.